The molecule has 2 heterocycles. The lowest BCUT2D eigenvalue weighted by Crippen LogP contribution is -2.17. The Hall–Kier alpha value is -2.85. The minimum atomic E-state index is -0.621. The van der Waals surface area contributed by atoms with Gasteiger partial charge in [0, 0.05) is 45.1 Å². The summed E-state index contributed by atoms with van der Waals surface area (Å²) < 4.78 is 8.93. The maximum atomic E-state index is 10.3. The maximum absolute atomic E-state index is 10.3. The van der Waals surface area contributed by atoms with Gasteiger partial charge >= 0.3 is 0 Å². The average Bonchev–Trinajstić information content (AvgIpc) is 2.83. The van der Waals surface area contributed by atoms with Gasteiger partial charge < -0.3 is 15.2 Å². The number of benzene rings is 3. The van der Waals surface area contributed by atoms with Crippen molar-refractivity contribution in [2.75, 3.05) is 21.6 Å². The maximum Gasteiger partial charge on any atom is 0.172 e. The predicted molar refractivity (Wildman–Crippen MR) is 137 cm³/mol. The van der Waals surface area contributed by atoms with Crippen LogP contribution in [0, 0.1) is 0 Å². The summed E-state index contributed by atoms with van der Waals surface area (Å²) in [4.78, 5) is 0. The van der Waals surface area contributed by atoms with E-state index in [0.717, 1.165) is 20.9 Å². The highest BCUT2D eigenvalue weighted by molar-refractivity contribution is 14.2. The zero-order valence-electron chi connectivity index (χ0n) is 16.4. The summed E-state index contributed by atoms with van der Waals surface area (Å²) in [6.07, 6.45) is 0. The van der Waals surface area contributed by atoms with E-state index in [1.165, 1.54) is 11.3 Å². The molecule has 0 amide bonds. The molecule has 0 aromatic heterocycles. The van der Waals surface area contributed by atoms with Gasteiger partial charge in [-0.15, -0.1) is 10.2 Å². The fraction of sp³-hybridized carbons (Fsp3) is 0.0870. The molecule has 6 nitrogen and oxygen atoms in total. The Labute approximate surface area is 194 Å². The fourth-order valence-electron chi connectivity index (χ4n) is 3.20. The van der Waals surface area contributed by atoms with Gasteiger partial charge in [0.15, 0.2) is 2.96 Å². The van der Waals surface area contributed by atoms with Crippen molar-refractivity contribution in [2.45, 2.75) is 0 Å². The number of para-hydroxylation sites is 1. The Kier molecular flexibility index (Phi) is 5.90. The third-order valence-corrected chi connectivity index (χ3v) is 8.71. The number of halogens is 1. The molecule has 3 aromatic carbocycles. The second kappa shape index (κ2) is 9.11. The van der Waals surface area contributed by atoms with Gasteiger partial charge in [-0.3, -0.25) is 3.11 Å². The number of phenols is 1. The smallest absolute Gasteiger partial charge is 0.172 e. The van der Waals surface area contributed by atoms with E-state index in [2.05, 4.69) is 60.5 Å². The lowest BCUT2D eigenvalue weighted by molar-refractivity contribution is 0.322. The molecule has 3 aromatic rings. The molecule has 156 valence electrons. The summed E-state index contributed by atoms with van der Waals surface area (Å²) in [6, 6.07) is 24.1. The molecule has 31 heavy (non-hydrogen) atoms. The van der Waals surface area contributed by atoms with Crippen molar-refractivity contribution in [2.24, 2.45) is 10.2 Å². The van der Waals surface area contributed by atoms with Crippen molar-refractivity contribution in [3.63, 3.8) is 0 Å². The minimum Gasteiger partial charge on any atom is -0.506 e. The topological polar surface area (TPSA) is 69.5 Å². The first-order valence-corrected chi connectivity index (χ1v) is 12.7. The molecule has 0 spiro atoms. The molecular weight excluding hydrogens is 523 g/mol. The van der Waals surface area contributed by atoms with E-state index in [0.29, 0.717) is 18.0 Å². The number of phenolic OH excluding ortho intramolecular Hbond substituents is 1. The molecule has 5 rings (SSSR count). The van der Waals surface area contributed by atoms with Crippen molar-refractivity contribution in [1.29, 1.82) is 0 Å². The summed E-state index contributed by atoms with van der Waals surface area (Å²) in [5, 5.41) is 24.5. The summed E-state index contributed by atoms with van der Waals surface area (Å²) in [5.74, 6) is 0.770. The largest absolute Gasteiger partial charge is 0.506 e. The van der Waals surface area contributed by atoms with E-state index in [1.807, 2.05) is 24.3 Å². The molecule has 2 aliphatic rings. The molecule has 0 aliphatic carbocycles. The first-order chi connectivity index (χ1) is 15.3. The first kappa shape index (κ1) is 20.1. The van der Waals surface area contributed by atoms with Gasteiger partial charge in [-0.2, -0.15) is 0 Å². The average molecular weight is 542 g/mol. The highest BCUT2D eigenvalue weighted by atomic mass is 127. The van der Waals surface area contributed by atoms with E-state index in [1.54, 1.807) is 23.9 Å². The zero-order valence-corrected chi connectivity index (χ0v) is 19.4. The van der Waals surface area contributed by atoms with Crippen molar-refractivity contribution >= 4 is 58.5 Å². The Balaban J connectivity index is 1.46. The number of hydrogen-bond acceptors (Lipinski definition) is 7. The molecule has 0 saturated carbocycles. The molecular formula is C23H19IN4O2S. The third kappa shape index (κ3) is 4.45. The number of azo groups is 1. The van der Waals surface area contributed by atoms with Gasteiger partial charge in [0.25, 0.3) is 0 Å². The molecule has 2 N–H and O–H groups in total. The Bertz CT molecular complexity index is 1180. The number of nitrogens with one attached hydrogen (secondary N) is 1. The molecule has 0 fully saturated rings. The highest BCUT2D eigenvalue weighted by Crippen LogP contribution is 2.42. The van der Waals surface area contributed by atoms with Crippen molar-refractivity contribution in [3.05, 3.63) is 83.8 Å². The Morgan fingerprint density at radius 3 is 2.58 bits per heavy atom. The van der Waals surface area contributed by atoms with Crippen LogP contribution >= 0.6 is 32.8 Å². The van der Waals surface area contributed by atoms with Crippen LogP contribution in [0.3, 0.4) is 0 Å². The summed E-state index contributed by atoms with van der Waals surface area (Å²) in [5.41, 5.74) is 4.66. The van der Waals surface area contributed by atoms with Gasteiger partial charge in [-0.05, 0) is 17.7 Å². The van der Waals surface area contributed by atoms with Crippen molar-refractivity contribution in [1.82, 2.24) is 0 Å². The fourth-order valence-corrected chi connectivity index (χ4v) is 7.05. The van der Waals surface area contributed by atoms with Crippen molar-refractivity contribution in [3.8, 4) is 11.5 Å². The summed E-state index contributed by atoms with van der Waals surface area (Å²) in [6.45, 7) is 1.31. The lowest BCUT2D eigenvalue weighted by atomic mass is 10.1. The van der Waals surface area contributed by atoms with Crippen LogP contribution in [0.15, 0.2) is 88.4 Å². The molecule has 0 radical (unpaired) electrons. The summed E-state index contributed by atoms with van der Waals surface area (Å²) >= 11 is 0.974. The van der Waals surface area contributed by atoms with Crippen LogP contribution in [0.25, 0.3) is 5.70 Å². The van der Waals surface area contributed by atoms with Crippen LogP contribution in [0.4, 0.5) is 17.1 Å². The standard InChI is InChI=1S/C23H19IN4O2S/c29-21-13-19-22(30-12-11-25-19)14-18(21)26-27-23-24-28(17-9-5-2-6-10-17)20(15-31-23)16-7-3-1-4-8-16/h1-10,13-15,25,29H,11-12H2. The van der Waals surface area contributed by atoms with E-state index in [4.69, 9.17) is 4.74 Å². The van der Waals surface area contributed by atoms with Crippen LogP contribution in [0.1, 0.15) is 5.56 Å². The summed E-state index contributed by atoms with van der Waals surface area (Å²) in [7, 11) is 0. The monoisotopic (exact) mass is 542 g/mol. The molecule has 8 heteroatoms. The van der Waals surface area contributed by atoms with Gasteiger partial charge in [0.1, 0.15) is 23.8 Å². The number of ether oxygens (including phenoxy) is 1. The molecule has 2 aliphatic heterocycles. The van der Waals surface area contributed by atoms with Crippen LogP contribution in [0.5, 0.6) is 11.5 Å². The zero-order chi connectivity index (χ0) is 21.0. The number of thioether (sulfide) groups is 1. The van der Waals surface area contributed by atoms with Crippen LogP contribution in [-0.2, 0) is 0 Å². The Morgan fingerprint density at radius 2 is 1.77 bits per heavy atom. The second-order valence-corrected chi connectivity index (χ2v) is 10.8. The van der Waals surface area contributed by atoms with Crippen LogP contribution in [-0.4, -0.2) is 21.2 Å². The first-order valence-electron chi connectivity index (χ1n) is 9.73. The second-order valence-electron chi connectivity index (χ2n) is 6.75. The quantitative estimate of drug-likeness (QED) is 0.224. The number of nitrogens with zero attached hydrogens (tertiary/aromatic N) is 3. The van der Waals surface area contributed by atoms with E-state index in [-0.39, 0.29) is 5.75 Å². The molecule has 0 atom stereocenters. The van der Waals surface area contributed by atoms with Gasteiger partial charge in [0.05, 0.1) is 17.1 Å². The predicted octanol–water partition coefficient (Wildman–Crippen LogP) is 6.51. The molecule has 0 bridgehead atoms. The third-order valence-electron chi connectivity index (χ3n) is 4.68. The van der Waals surface area contributed by atoms with E-state index < -0.39 is 21.0 Å². The van der Waals surface area contributed by atoms with Crippen molar-refractivity contribution < 1.29 is 9.84 Å². The van der Waals surface area contributed by atoms with Crippen LogP contribution in [0.2, 0.25) is 0 Å². The van der Waals surface area contributed by atoms with E-state index >= 15 is 0 Å². The molecule has 0 unspecified atom stereocenters. The SMILES string of the molecule is Oc1cc2c(cc1N=NC1=IN(c3ccccc3)C(c3ccccc3)=CS1)OCCN2. The van der Waals surface area contributed by atoms with Gasteiger partial charge in [-0.1, -0.05) is 60.3 Å². The lowest BCUT2D eigenvalue weighted by Gasteiger charge is -2.26. The number of anilines is 2. The van der Waals surface area contributed by atoms with E-state index in [9.17, 15) is 5.11 Å². The Morgan fingerprint density at radius 1 is 1.00 bits per heavy atom. The number of hydrogen-bond donors (Lipinski definition) is 2. The highest BCUT2D eigenvalue weighted by Gasteiger charge is 2.19. The molecule has 0 saturated heterocycles. The number of fused-ring (bicyclic) bond motifs is 1. The van der Waals surface area contributed by atoms with Gasteiger partial charge in [-0.25, -0.2) is 0 Å². The number of rotatable bonds is 4. The minimum absolute atomic E-state index is 0.0838. The van der Waals surface area contributed by atoms with Gasteiger partial charge in [0.2, 0.25) is 0 Å². The normalized spacial score (nSPS) is 15.8. The van der Waals surface area contributed by atoms with Crippen LogP contribution < -0.4 is 13.2 Å². The number of aromatic hydroxyl groups is 1.